The molecule has 0 heterocycles. The minimum Gasteiger partial charge on any atom is -0.331 e. The highest BCUT2D eigenvalue weighted by Crippen LogP contribution is 2.19. The molecule has 7 nitrogen and oxygen atoms in total. The lowest BCUT2D eigenvalue weighted by Crippen LogP contribution is -2.44. The number of rotatable bonds is 4. The number of carbonyl (C=O) groups excluding carboxylic acids is 1. The molecule has 0 atom stereocenters. The molecule has 0 aliphatic carbocycles. The summed E-state index contributed by atoms with van der Waals surface area (Å²) in [4.78, 5) is 11.8. The molecule has 0 fully saturated rings. The maximum absolute atomic E-state index is 13.6. The van der Waals surface area contributed by atoms with Crippen LogP contribution in [0.4, 0.5) is 10.1 Å². The van der Waals surface area contributed by atoms with E-state index < -0.39 is 21.7 Å². The first kappa shape index (κ1) is 20.0. The van der Waals surface area contributed by atoms with Crippen molar-refractivity contribution in [2.75, 3.05) is 5.32 Å². The van der Waals surface area contributed by atoms with Crippen molar-refractivity contribution in [3.63, 3.8) is 0 Å². The fourth-order valence-electron chi connectivity index (χ4n) is 1.92. The maximum Gasteiger partial charge on any atom is 0.242 e. The van der Waals surface area contributed by atoms with E-state index in [1.807, 2.05) is 0 Å². The highest BCUT2D eigenvalue weighted by atomic mass is 35.5. The van der Waals surface area contributed by atoms with Gasteiger partial charge in [0.15, 0.2) is 5.11 Å². The number of carbonyl (C=O) groups is 1. The second-order valence-corrected chi connectivity index (χ2v) is 7.45. The smallest absolute Gasteiger partial charge is 0.242 e. The minimum absolute atomic E-state index is 0.0429. The van der Waals surface area contributed by atoms with Gasteiger partial charge in [0.1, 0.15) is 5.82 Å². The van der Waals surface area contributed by atoms with Crippen LogP contribution in [0.15, 0.2) is 47.4 Å². The Hall–Kier alpha value is -2.27. The third-order valence-electron chi connectivity index (χ3n) is 3.16. The SMILES string of the molecule is NS(=O)(=O)c1ccc(NC(=S)NNC(=O)Cc2c(F)cccc2Cl)cc1. The Morgan fingerprint density at radius 3 is 2.38 bits per heavy atom. The number of hydrogen-bond donors (Lipinski definition) is 4. The fourth-order valence-corrected chi connectivity index (χ4v) is 2.84. The van der Waals surface area contributed by atoms with Crippen molar-refractivity contribution in [3.8, 4) is 0 Å². The van der Waals surface area contributed by atoms with Crippen LogP contribution in [0, 0.1) is 5.82 Å². The number of nitrogens with one attached hydrogen (secondary N) is 3. The van der Waals surface area contributed by atoms with E-state index in [2.05, 4.69) is 16.2 Å². The molecule has 1 amide bonds. The Balaban J connectivity index is 1.87. The van der Waals surface area contributed by atoms with E-state index in [0.29, 0.717) is 5.69 Å². The van der Waals surface area contributed by atoms with Crippen molar-refractivity contribution < 1.29 is 17.6 Å². The summed E-state index contributed by atoms with van der Waals surface area (Å²) in [6.07, 6.45) is -0.274. The molecule has 2 aromatic rings. The molecule has 0 saturated carbocycles. The predicted octanol–water partition coefficient (Wildman–Crippen LogP) is 1.69. The van der Waals surface area contributed by atoms with E-state index in [-0.39, 0.29) is 27.0 Å². The quantitative estimate of drug-likeness (QED) is 0.445. The third-order valence-corrected chi connectivity index (χ3v) is 4.64. The molecule has 0 spiro atoms. The number of nitrogens with two attached hydrogens (primary N) is 1. The van der Waals surface area contributed by atoms with Gasteiger partial charge in [-0.25, -0.2) is 17.9 Å². The van der Waals surface area contributed by atoms with E-state index in [1.54, 1.807) is 0 Å². The largest absolute Gasteiger partial charge is 0.331 e. The topological polar surface area (TPSA) is 113 Å². The fraction of sp³-hybridized carbons (Fsp3) is 0.0667. The predicted molar refractivity (Wildman–Crippen MR) is 100 cm³/mol. The van der Waals surface area contributed by atoms with Crippen LogP contribution in [0.2, 0.25) is 5.02 Å². The standard InChI is InChI=1S/C15H14ClFN4O3S2/c16-12-2-1-3-13(17)11(12)8-14(22)20-21-15(25)19-9-4-6-10(7-5-9)26(18,23)24/h1-7H,8H2,(H,20,22)(H2,18,23,24)(H2,19,21,25). The summed E-state index contributed by atoms with van der Waals surface area (Å²) in [5, 5.41) is 7.93. The zero-order valence-corrected chi connectivity index (χ0v) is 15.5. The monoisotopic (exact) mass is 416 g/mol. The summed E-state index contributed by atoms with van der Waals surface area (Å²) >= 11 is 10.9. The molecule has 0 unspecified atom stereocenters. The second kappa shape index (κ2) is 8.41. The lowest BCUT2D eigenvalue weighted by Gasteiger charge is -2.12. The van der Waals surface area contributed by atoms with Crippen LogP contribution in [0.25, 0.3) is 0 Å². The van der Waals surface area contributed by atoms with Crippen molar-refractivity contribution in [1.82, 2.24) is 10.9 Å². The van der Waals surface area contributed by atoms with E-state index in [9.17, 15) is 17.6 Å². The van der Waals surface area contributed by atoms with E-state index in [1.165, 1.54) is 42.5 Å². The van der Waals surface area contributed by atoms with Gasteiger partial charge in [-0.3, -0.25) is 15.6 Å². The molecule has 5 N–H and O–H groups in total. The molecule has 0 radical (unpaired) electrons. The molecule has 0 aliphatic rings. The molecular formula is C15H14ClFN4O3S2. The number of amides is 1. The van der Waals surface area contributed by atoms with Crippen molar-refractivity contribution in [3.05, 3.63) is 58.9 Å². The summed E-state index contributed by atoms with van der Waals surface area (Å²) in [6.45, 7) is 0. The molecule has 0 aliphatic heterocycles. The average Bonchev–Trinajstić information content (AvgIpc) is 2.56. The van der Waals surface area contributed by atoms with Crippen LogP contribution in [-0.2, 0) is 21.2 Å². The Bertz CT molecular complexity index is 916. The summed E-state index contributed by atoms with van der Waals surface area (Å²) in [7, 11) is -3.78. The number of anilines is 1. The maximum atomic E-state index is 13.6. The van der Waals surface area contributed by atoms with Crippen LogP contribution >= 0.6 is 23.8 Å². The van der Waals surface area contributed by atoms with E-state index >= 15 is 0 Å². The van der Waals surface area contributed by atoms with Crippen LogP contribution in [0.3, 0.4) is 0 Å². The van der Waals surface area contributed by atoms with Crippen molar-refractivity contribution in [1.29, 1.82) is 0 Å². The van der Waals surface area contributed by atoms with Crippen LogP contribution in [0.5, 0.6) is 0 Å². The van der Waals surface area contributed by atoms with E-state index in [0.717, 1.165) is 0 Å². The van der Waals surface area contributed by atoms with Gasteiger partial charge >= 0.3 is 0 Å². The van der Waals surface area contributed by atoms with Gasteiger partial charge in [-0.15, -0.1) is 0 Å². The summed E-state index contributed by atoms with van der Waals surface area (Å²) in [5.41, 5.74) is 5.30. The number of hydrazine groups is 1. The number of benzene rings is 2. The Morgan fingerprint density at radius 2 is 1.81 bits per heavy atom. The number of halogens is 2. The Morgan fingerprint density at radius 1 is 1.15 bits per heavy atom. The van der Waals surface area contributed by atoms with Gasteiger partial charge < -0.3 is 5.32 Å². The molecule has 2 aromatic carbocycles. The van der Waals surface area contributed by atoms with E-state index in [4.69, 9.17) is 29.0 Å². The molecule has 11 heteroatoms. The van der Waals surface area contributed by atoms with Gasteiger partial charge in [-0.2, -0.15) is 0 Å². The molecule has 2 rings (SSSR count). The normalized spacial score (nSPS) is 10.9. The molecule has 0 aromatic heterocycles. The first-order valence-electron chi connectivity index (χ1n) is 7.08. The highest BCUT2D eigenvalue weighted by Gasteiger charge is 2.12. The molecular weight excluding hydrogens is 403 g/mol. The highest BCUT2D eigenvalue weighted by molar-refractivity contribution is 7.89. The summed E-state index contributed by atoms with van der Waals surface area (Å²) in [6, 6.07) is 9.65. The van der Waals surface area contributed by atoms with Gasteiger partial charge in [-0.1, -0.05) is 17.7 Å². The van der Waals surface area contributed by atoms with Crippen LogP contribution in [-0.4, -0.2) is 19.4 Å². The average molecular weight is 417 g/mol. The Kier molecular flexibility index (Phi) is 6.48. The molecule has 138 valence electrons. The third kappa shape index (κ3) is 5.63. The first-order valence-corrected chi connectivity index (χ1v) is 9.41. The summed E-state index contributed by atoms with van der Waals surface area (Å²) < 4.78 is 36.0. The van der Waals surface area contributed by atoms with Crippen LogP contribution < -0.4 is 21.3 Å². The minimum atomic E-state index is -3.78. The zero-order chi connectivity index (χ0) is 19.3. The van der Waals surface area contributed by atoms with Crippen LogP contribution in [0.1, 0.15) is 5.56 Å². The van der Waals surface area contributed by atoms with Crippen molar-refractivity contribution >= 4 is 50.5 Å². The molecule has 0 bridgehead atoms. The van der Waals surface area contributed by atoms with Gasteiger partial charge in [0, 0.05) is 16.3 Å². The molecule has 26 heavy (non-hydrogen) atoms. The number of thiocarbonyl (C=S) groups is 1. The Labute approximate surface area is 159 Å². The number of sulfonamides is 1. The number of primary sulfonamides is 1. The molecule has 0 saturated heterocycles. The van der Waals surface area contributed by atoms with Gasteiger partial charge in [0.25, 0.3) is 0 Å². The number of hydrogen-bond acceptors (Lipinski definition) is 4. The summed E-state index contributed by atoms with van der Waals surface area (Å²) in [5.74, 6) is -1.13. The van der Waals surface area contributed by atoms with Gasteiger partial charge in [0.2, 0.25) is 15.9 Å². The van der Waals surface area contributed by atoms with Gasteiger partial charge in [0.05, 0.1) is 11.3 Å². The lowest BCUT2D eigenvalue weighted by molar-refractivity contribution is -0.121. The van der Waals surface area contributed by atoms with Crippen molar-refractivity contribution in [2.24, 2.45) is 5.14 Å². The lowest BCUT2D eigenvalue weighted by atomic mass is 10.1. The van der Waals surface area contributed by atoms with Gasteiger partial charge in [-0.05, 0) is 48.6 Å². The first-order chi connectivity index (χ1) is 12.2. The van der Waals surface area contributed by atoms with Crippen molar-refractivity contribution in [2.45, 2.75) is 11.3 Å². The second-order valence-electron chi connectivity index (χ2n) is 5.07. The zero-order valence-electron chi connectivity index (χ0n) is 13.1.